The first-order valence-electron chi connectivity index (χ1n) is 14.4. The molecule has 0 fully saturated rings. The van der Waals surface area contributed by atoms with Crippen molar-refractivity contribution >= 4 is 17.2 Å². The Morgan fingerprint density at radius 1 is 0.486 bits per heavy atom. The maximum absolute atomic E-state index is 5.87. The molecule has 0 rings (SSSR count). The second kappa shape index (κ2) is 29.2. The lowest BCUT2D eigenvalue weighted by molar-refractivity contribution is -0.142. The first kappa shape index (κ1) is 35.6. The molecule has 2 atom stereocenters. The van der Waals surface area contributed by atoms with Gasteiger partial charge in [-0.1, -0.05) is 34.6 Å². The van der Waals surface area contributed by atoms with Gasteiger partial charge in [0, 0.05) is 65.5 Å². The molecule has 35 heavy (non-hydrogen) atoms. The van der Waals surface area contributed by atoms with Crippen LogP contribution in [0.2, 0.25) is 0 Å². The van der Waals surface area contributed by atoms with E-state index in [2.05, 4.69) is 39.5 Å². The third-order valence-electron chi connectivity index (χ3n) is 5.26. The van der Waals surface area contributed by atoms with Crippen molar-refractivity contribution in [1.29, 1.82) is 0 Å². The van der Waals surface area contributed by atoms with Gasteiger partial charge < -0.3 is 28.6 Å². The Bertz CT molecular complexity index is 364. The molecular formula is C27H59NO5P2. The number of rotatable bonds is 29. The highest BCUT2D eigenvalue weighted by Gasteiger charge is 2.11. The van der Waals surface area contributed by atoms with E-state index in [-0.39, 0.29) is 12.6 Å². The summed E-state index contributed by atoms with van der Waals surface area (Å²) in [6.45, 7) is 19.0. The van der Waals surface area contributed by atoms with Crippen LogP contribution in [0.4, 0.5) is 0 Å². The SMILES string of the molecule is CCCOCCN(CCPCCC(OCCC)OCCC)CCPCCC(OCCC)OCCC. The lowest BCUT2D eigenvalue weighted by Crippen LogP contribution is -2.32. The topological polar surface area (TPSA) is 49.4 Å². The Hall–Kier alpha value is 0.620. The first-order chi connectivity index (χ1) is 17.2. The summed E-state index contributed by atoms with van der Waals surface area (Å²) >= 11 is 0. The van der Waals surface area contributed by atoms with Crippen molar-refractivity contribution in [2.24, 2.45) is 0 Å². The van der Waals surface area contributed by atoms with E-state index in [9.17, 15) is 0 Å². The highest BCUT2D eigenvalue weighted by atomic mass is 31.1. The highest BCUT2D eigenvalue weighted by Crippen LogP contribution is 2.18. The average molecular weight is 540 g/mol. The quantitative estimate of drug-likeness (QED) is 0.0640. The van der Waals surface area contributed by atoms with Gasteiger partial charge in [-0.25, -0.2) is 0 Å². The smallest absolute Gasteiger partial charge is 0.157 e. The second-order valence-corrected chi connectivity index (χ2v) is 11.9. The average Bonchev–Trinajstić information content (AvgIpc) is 2.87. The largest absolute Gasteiger partial charge is 0.380 e. The summed E-state index contributed by atoms with van der Waals surface area (Å²) in [4.78, 5) is 2.60. The fourth-order valence-electron chi connectivity index (χ4n) is 3.37. The van der Waals surface area contributed by atoms with Crippen LogP contribution >= 0.6 is 17.2 Å². The molecule has 0 aliphatic heterocycles. The molecule has 0 N–H and O–H groups in total. The predicted molar refractivity (Wildman–Crippen MR) is 155 cm³/mol. The lowest BCUT2D eigenvalue weighted by Gasteiger charge is -2.23. The van der Waals surface area contributed by atoms with Gasteiger partial charge in [0.05, 0.1) is 6.61 Å². The summed E-state index contributed by atoms with van der Waals surface area (Å²) in [5.41, 5.74) is 0. The van der Waals surface area contributed by atoms with Crippen LogP contribution in [-0.2, 0) is 23.7 Å². The van der Waals surface area contributed by atoms with Crippen molar-refractivity contribution in [2.75, 3.05) is 83.9 Å². The molecule has 0 aromatic rings. The van der Waals surface area contributed by atoms with Gasteiger partial charge in [0.15, 0.2) is 12.6 Å². The van der Waals surface area contributed by atoms with Crippen molar-refractivity contribution in [3.05, 3.63) is 0 Å². The van der Waals surface area contributed by atoms with Crippen LogP contribution in [0.3, 0.4) is 0 Å². The maximum atomic E-state index is 5.87. The number of hydrogen-bond acceptors (Lipinski definition) is 6. The van der Waals surface area contributed by atoms with E-state index in [0.29, 0.717) is 0 Å². The molecule has 0 heterocycles. The fraction of sp³-hybridized carbons (Fsp3) is 1.00. The van der Waals surface area contributed by atoms with Crippen LogP contribution in [0, 0.1) is 0 Å². The molecule has 0 amide bonds. The van der Waals surface area contributed by atoms with Crippen molar-refractivity contribution in [1.82, 2.24) is 4.90 Å². The Kier molecular flexibility index (Phi) is 29.7. The maximum Gasteiger partial charge on any atom is 0.157 e. The Morgan fingerprint density at radius 3 is 1.26 bits per heavy atom. The summed E-state index contributed by atoms with van der Waals surface area (Å²) in [5, 5.41) is 0. The summed E-state index contributed by atoms with van der Waals surface area (Å²) in [7, 11) is 1.92. The van der Waals surface area contributed by atoms with Gasteiger partial charge >= 0.3 is 0 Å². The molecule has 0 saturated carbocycles. The van der Waals surface area contributed by atoms with Crippen molar-refractivity contribution in [3.8, 4) is 0 Å². The van der Waals surface area contributed by atoms with Crippen LogP contribution in [0.5, 0.6) is 0 Å². The van der Waals surface area contributed by atoms with E-state index in [1.165, 1.54) is 24.6 Å². The van der Waals surface area contributed by atoms with Crippen LogP contribution in [0.15, 0.2) is 0 Å². The number of nitrogens with zero attached hydrogens (tertiary/aromatic N) is 1. The molecule has 2 unspecified atom stereocenters. The molecule has 0 spiro atoms. The normalized spacial score (nSPS) is 12.7. The molecule has 0 aromatic heterocycles. The zero-order valence-corrected chi connectivity index (χ0v) is 25.8. The Labute approximate surface area is 221 Å². The van der Waals surface area contributed by atoms with E-state index in [0.717, 1.165) is 121 Å². The van der Waals surface area contributed by atoms with Gasteiger partial charge in [0.1, 0.15) is 0 Å². The lowest BCUT2D eigenvalue weighted by atomic mass is 10.4. The van der Waals surface area contributed by atoms with Crippen LogP contribution in [0.1, 0.15) is 79.6 Å². The third-order valence-corrected chi connectivity index (χ3v) is 7.69. The molecule has 0 aliphatic carbocycles. The van der Waals surface area contributed by atoms with Crippen LogP contribution in [-0.4, -0.2) is 101 Å². The highest BCUT2D eigenvalue weighted by molar-refractivity contribution is 7.38. The standard InChI is InChI=1S/C27H59NO5P2/c1-6-16-29-21-13-28(14-24-34-22-11-26(30-17-7-2)31-18-8-3)15-25-35-23-12-27(32-19-9-4)33-20-10-5/h26-27,34-35H,6-25H2,1-5H3. The van der Waals surface area contributed by atoms with Crippen molar-refractivity contribution < 1.29 is 23.7 Å². The summed E-state index contributed by atoms with van der Waals surface area (Å²) in [5.74, 6) is 0. The van der Waals surface area contributed by atoms with Gasteiger partial charge in [-0.05, 0) is 56.8 Å². The first-order valence-corrected chi connectivity index (χ1v) is 17.2. The molecule has 212 valence electrons. The van der Waals surface area contributed by atoms with E-state index in [4.69, 9.17) is 23.7 Å². The molecular weight excluding hydrogens is 480 g/mol. The molecule has 0 aromatic carbocycles. The summed E-state index contributed by atoms with van der Waals surface area (Å²) < 4.78 is 29.3. The molecule has 0 aliphatic rings. The molecule has 0 bridgehead atoms. The van der Waals surface area contributed by atoms with Gasteiger partial charge in [0.2, 0.25) is 0 Å². The van der Waals surface area contributed by atoms with Crippen LogP contribution in [0.25, 0.3) is 0 Å². The summed E-state index contributed by atoms with van der Waals surface area (Å²) in [6.07, 6.45) is 12.1. The number of hydrogen-bond donors (Lipinski definition) is 0. The zero-order chi connectivity index (χ0) is 25.8. The Morgan fingerprint density at radius 2 is 0.886 bits per heavy atom. The molecule has 0 saturated heterocycles. The van der Waals surface area contributed by atoms with Gasteiger partial charge in [-0.2, -0.15) is 0 Å². The predicted octanol–water partition coefficient (Wildman–Crippen LogP) is 6.21. The molecule has 8 heteroatoms. The van der Waals surface area contributed by atoms with E-state index >= 15 is 0 Å². The van der Waals surface area contributed by atoms with Gasteiger partial charge in [0.25, 0.3) is 0 Å². The van der Waals surface area contributed by atoms with Gasteiger partial charge in [-0.15, -0.1) is 17.2 Å². The third kappa shape index (κ3) is 24.7. The monoisotopic (exact) mass is 539 g/mol. The van der Waals surface area contributed by atoms with E-state index in [1.807, 2.05) is 0 Å². The van der Waals surface area contributed by atoms with E-state index < -0.39 is 0 Å². The van der Waals surface area contributed by atoms with Crippen molar-refractivity contribution in [3.63, 3.8) is 0 Å². The molecule has 6 nitrogen and oxygen atoms in total. The summed E-state index contributed by atoms with van der Waals surface area (Å²) in [6, 6.07) is 0. The second-order valence-electron chi connectivity index (χ2n) is 8.87. The molecule has 0 radical (unpaired) electrons. The van der Waals surface area contributed by atoms with Crippen LogP contribution < -0.4 is 0 Å². The minimum atomic E-state index is -0.0198. The van der Waals surface area contributed by atoms with Gasteiger partial charge in [-0.3, -0.25) is 0 Å². The Balaban J connectivity index is 4.23. The zero-order valence-electron chi connectivity index (χ0n) is 23.8. The van der Waals surface area contributed by atoms with Crippen molar-refractivity contribution in [2.45, 2.75) is 92.1 Å². The fourth-order valence-corrected chi connectivity index (χ4v) is 5.69. The number of ether oxygens (including phenoxy) is 5. The van der Waals surface area contributed by atoms with E-state index in [1.54, 1.807) is 0 Å². The minimum Gasteiger partial charge on any atom is -0.380 e. The minimum absolute atomic E-state index is 0.0198.